The smallest absolute Gasteiger partial charge is 0.255 e. The molecule has 0 fully saturated rings. The molecule has 0 saturated carbocycles. The number of benzene rings is 1. The van der Waals surface area contributed by atoms with E-state index in [0.29, 0.717) is 5.75 Å². The summed E-state index contributed by atoms with van der Waals surface area (Å²) in [6.45, 7) is 1.89. The van der Waals surface area contributed by atoms with Crippen LogP contribution in [-0.2, 0) is 0 Å². The molecule has 2 rings (SSSR count). The van der Waals surface area contributed by atoms with Gasteiger partial charge in [0, 0.05) is 10.7 Å². The molecule has 0 unspecified atom stereocenters. The Labute approximate surface area is 101 Å². The van der Waals surface area contributed by atoms with E-state index >= 15 is 0 Å². The summed E-state index contributed by atoms with van der Waals surface area (Å²) in [4.78, 5) is 3.83. The highest BCUT2D eigenvalue weighted by Crippen LogP contribution is 2.28. The third-order valence-corrected chi connectivity index (χ3v) is 2.57. The first-order valence-corrected chi connectivity index (χ1v) is 5.50. The van der Waals surface area contributed by atoms with Crippen LogP contribution in [0.5, 0.6) is 11.6 Å². The molecule has 0 spiro atoms. The van der Waals surface area contributed by atoms with Crippen LogP contribution in [0.4, 0.5) is 4.39 Å². The van der Waals surface area contributed by atoms with Crippen LogP contribution in [0.15, 0.2) is 41.0 Å². The Morgan fingerprint density at radius 2 is 2.12 bits per heavy atom. The molecule has 0 bridgehead atoms. The van der Waals surface area contributed by atoms with Gasteiger partial charge in [0.05, 0.1) is 0 Å². The Morgan fingerprint density at radius 1 is 1.31 bits per heavy atom. The number of pyridine rings is 1. The molecule has 0 saturated heterocycles. The maximum Gasteiger partial charge on any atom is 0.255 e. The molecule has 0 aliphatic heterocycles. The zero-order valence-electron chi connectivity index (χ0n) is 8.58. The van der Waals surface area contributed by atoms with E-state index in [0.717, 1.165) is 10.0 Å². The number of aryl methyl sites for hydroxylation is 1. The van der Waals surface area contributed by atoms with Gasteiger partial charge >= 0.3 is 0 Å². The molecular weight excluding hydrogens is 273 g/mol. The number of aromatic nitrogens is 1. The molecule has 0 radical (unpaired) electrons. The lowest BCUT2D eigenvalue weighted by atomic mass is 10.2. The minimum atomic E-state index is -0.470. The molecule has 0 aliphatic rings. The molecule has 4 heteroatoms. The van der Waals surface area contributed by atoms with Crippen LogP contribution in [0, 0.1) is 12.7 Å². The van der Waals surface area contributed by atoms with E-state index in [-0.39, 0.29) is 5.88 Å². The predicted octanol–water partition coefficient (Wildman–Crippen LogP) is 4.08. The summed E-state index contributed by atoms with van der Waals surface area (Å²) in [6.07, 6.45) is 1.49. The molecule has 1 aromatic heterocycles. The summed E-state index contributed by atoms with van der Waals surface area (Å²) in [5.41, 5.74) is 0.924. The van der Waals surface area contributed by atoms with E-state index < -0.39 is 5.82 Å². The Bertz CT molecular complexity index is 516. The number of hydrogen-bond donors (Lipinski definition) is 0. The first kappa shape index (κ1) is 11.1. The second-order valence-electron chi connectivity index (χ2n) is 3.30. The predicted molar refractivity (Wildman–Crippen MR) is 63.1 cm³/mol. The van der Waals surface area contributed by atoms with Gasteiger partial charge in [-0.25, -0.2) is 9.37 Å². The van der Waals surface area contributed by atoms with E-state index in [1.807, 2.05) is 19.1 Å². The maximum absolute atomic E-state index is 13.3. The lowest BCUT2D eigenvalue weighted by Crippen LogP contribution is -1.93. The number of nitrogens with zero attached hydrogens (tertiary/aromatic N) is 1. The number of halogens is 2. The van der Waals surface area contributed by atoms with Gasteiger partial charge in [0.1, 0.15) is 5.75 Å². The van der Waals surface area contributed by atoms with Gasteiger partial charge in [0.25, 0.3) is 5.88 Å². The Hall–Kier alpha value is -1.42. The van der Waals surface area contributed by atoms with Gasteiger partial charge < -0.3 is 4.74 Å². The highest BCUT2D eigenvalue weighted by atomic mass is 79.9. The summed E-state index contributed by atoms with van der Waals surface area (Å²) in [5.74, 6) is 0.109. The maximum atomic E-state index is 13.3. The molecule has 2 aromatic rings. The van der Waals surface area contributed by atoms with E-state index in [2.05, 4.69) is 20.9 Å². The standard InChI is InChI=1S/C12H9BrFNO/c1-8-4-5-9(13)7-11(8)16-12-10(14)3-2-6-15-12/h2-7H,1H3. The molecule has 0 amide bonds. The SMILES string of the molecule is Cc1ccc(Br)cc1Oc1ncccc1F. The van der Waals surface area contributed by atoms with Crippen LogP contribution < -0.4 is 4.74 Å². The molecular formula is C12H9BrFNO. The van der Waals surface area contributed by atoms with Crippen LogP contribution in [-0.4, -0.2) is 4.98 Å². The average Bonchev–Trinajstić information content (AvgIpc) is 2.27. The normalized spacial score (nSPS) is 10.2. The third-order valence-electron chi connectivity index (χ3n) is 2.08. The minimum absolute atomic E-state index is 0.0105. The second-order valence-corrected chi connectivity index (χ2v) is 4.22. The van der Waals surface area contributed by atoms with Crippen LogP contribution in [0.25, 0.3) is 0 Å². The van der Waals surface area contributed by atoms with Gasteiger partial charge in [0.2, 0.25) is 0 Å². The van der Waals surface area contributed by atoms with Gasteiger partial charge in [0.15, 0.2) is 5.82 Å². The third kappa shape index (κ3) is 2.39. The van der Waals surface area contributed by atoms with Crippen molar-refractivity contribution in [1.29, 1.82) is 0 Å². The summed E-state index contributed by atoms with van der Waals surface area (Å²) < 4.78 is 19.6. The Morgan fingerprint density at radius 3 is 2.88 bits per heavy atom. The Balaban J connectivity index is 2.34. The van der Waals surface area contributed by atoms with Crippen molar-refractivity contribution < 1.29 is 9.13 Å². The fourth-order valence-corrected chi connectivity index (χ4v) is 1.57. The summed E-state index contributed by atoms with van der Waals surface area (Å²) in [7, 11) is 0. The quantitative estimate of drug-likeness (QED) is 0.827. The monoisotopic (exact) mass is 281 g/mol. The number of rotatable bonds is 2. The van der Waals surface area contributed by atoms with Crippen LogP contribution in [0.1, 0.15) is 5.56 Å². The first-order valence-electron chi connectivity index (χ1n) is 4.71. The van der Waals surface area contributed by atoms with Crippen molar-refractivity contribution in [2.75, 3.05) is 0 Å². The van der Waals surface area contributed by atoms with Crippen LogP contribution in [0.3, 0.4) is 0 Å². The summed E-state index contributed by atoms with van der Waals surface area (Å²) in [6, 6.07) is 8.41. The number of ether oxygens (including phenoxy) is 1. The molecule has 1 heterocycles. The largest absolute Gasteiger partial charge is 0.436 e. The van der Waals surface area contributed by atoms with Crippen LogP contribution >= 0.6 is 15.9 Å². The molecule has 16 heavy (non-hydrogen) atoms. The topological polar surface area (TPSA) is 22.1 Å². The summed E-state index contributed by atoms with van der Waals surface area (Å²) in [5, 5.41) is 0. The van der Waals surface area contributed by atoms with Gasteiger partial charge in [-0.3, -0.25) is 0 Å². The molecule has 2 nitrogen and oxygen atoms in total. The average molecular weight is 282 g/mol. The van der Waals surface area contributed by atoms with Gasteiger partial charge in [-0.05, 0) is 36.8 Å². The lowest BCUT2D eigenvalue weighted by molar-refractivity contribution is 0.420. The van der Waals surface area contributed by atoms with Crippen molar-refractivity contribution in [3.8, 4) is 11.6 Å². The molecule has 82 valence electrons. The van der Waals surface area contributed by atoms with Crippen molar-refractivity contribution >= 4 is 15.9 Å². The Kier molecular flexibility index (Phi) is 3.19. The second kappa shape index (κ2) is 4.61. The van der Waals surface area contributed by atoms with Crippen molar-refractivity contribution in [3.05, 3.63) is 52.4 Å². The lowest BCUT2D eigenvalue weighted by Gasteiger charge is -2.08. The minimum Gasteiger partial charge on any atom is -0.436 e. The fraction of sp³-hybridized carbons (Fsp3) is 0.0833. The summed E-state index contributed by atoms with van der Waals surface area (Å²) >= 11 is 3.33. The highest BCUT2D eigenvalue weighted by Gasteiger charge is 2.07. The van der Waals surface area contributed by atoms with Gasteiger partial charge in [-0.15, -0.1) is 0 Å². The fourth-order valence-electron chi connectivity index (χ4n) is 1.23. The number of hydrogen-bond acceptors (Lipinski definition) is 2. The molecule has 0 atom stereocenters. The van der Waals surface area contributed by atoms with E-state index in [1.54, 1.807) is 6.07 Å². The zero-order valence-corrected chi connectivity index (χ0v) is 10.2. The van der Waals surface area contributed by atoms with Crippen molar-refractivity contribution in [1.82, 2.24) is 4.98 Å². The zero-order chi connectivity index (χ0) is 11.5. The first-order chi connectivity index (χ1) is 7.66. The van der Waals surface area contributed by atoms with Crippen LogP contribution in [0.2, 0.25) is 0 Å². The van der Waals surface area contributed by atoms with Gasteiger partial charge in [-0.2, -0.15) is 0 Å². The molecule has 0 aliphatic carbocycles. The highest BCUT2D eigenvalue weighted by molar-refractivity contribution is 9.10. The van der Waals surface area contributed by atoms with E-state index in [9.17, 15) is 4.39 Å². The van der Waals surface area contributed by atoms with Crippen molar-refractivity contribution in [2.24, 2.45) is 0 Å². The molecule has 0 N–H and O–H groups in total. The van der Waals surface area contributed by atoms with E-state index in [4.69, 9.17) is 4.74 Å². The van der Waals surface area contributed by atoms with E-state index in [1.165, 1.54) is 18.3 Å². The molecule has 1 aromatic carbocycles. The van der Waals surface area contributed by atoms with Crippen molar-refractivity contribution in [2.45, 2.75) is 6.92 Å². The van der Waals surface area contributed by atoms with Crippen molar-refractivity contribution in [3.63, 3.8) is 0 Å². The van der Waals surface area contributed by atoms with Gasteiger partial charge in [-0.1, -0.05) is 22.0 Å².